The largest absolute Gasteiger partial charge is 0.351 e. The molecule has 0 aliphatic carbocycles. The number of hydrogen-bond donors (Lipinski definition) is 2. The van der Waals surface area contributed by atoms with E-state index >= 15 is 0 Å². The standard InChI is InChI=1S/C18H19Cl2N3O3S/c1-3-23(10-16(25)22-17-13(19)5-4-6-14(17)20)18(26)15-8-7-12(27-15)9-21-11(2)24/h4-8H,3,9-10H2,1-2H3,(H,21,24)(H,22,25). The molecule has 1 aromatic carbocycles. The second kappa shape index (κ2) is 9.73. The molecule has 0 radical (unpaired) electrons. The minimum absolute atomic E-state index is 0.129. The van der Waals surface area contributed by atoms with E-state index in [1.807, 2.05) is 0 Å². The summed E-state index contributed by atoms with van der Waals surface area (Å²) < 4.78 is 0. The molecule has 2 aromatic rings. The highest BCUT2D eigenvalue weighted by atomic mass is 35.5. The van der Waals surface area contributed by atoms with E-state index in [1.165, 1.54) is 23.2 Å². The number of thiophene rings is 1. The van der Waals surface area contributed by atoms with Crippen molar-refractivity contribution in [3.05, 3.63) is 50.1 Å². The molecule has 0 aliphatic heterocycles. The zero-order chi connectivity index (χ0) is 20.0. The van der Waals surface area contributed by atoms with Crippen molar-refractivity contribution in [2.75, 3.05) is 18.4 Å². The molecule has 2 rings (SSSR count). The van der Waals surface area contributed by atoms with Crippen molar-refractivity contribution in [3.63, 3.8) is 0 Å². The van der Waals surface area contributed by atoms with Crippen LogP contribution in [0.4, 0.5) is 5.69 Å². The fraction of sp³-hybridized carbons (Fsp3) is 0.278. The van der Waals surface area contributed by atoms with Crippen LogP contribution >= 0.6 is 34.5 Å². The zero-order valence-electron chi connectivity index (χ0n) is 14.8. The smallest absolute Gasteiger partial charge is 0.264 e. The molecule has 0 saturated carbocycles. The Bertz CT molecular complexity index is 834. The van der Waals surface area contributed by atoms with Gasteiger partial charge in [0.2, 0.25) is 11.8 Å². The Balaban J connectivity index is 2.02. The zero-order valence-corrected chi connectivity index (χ0v) is 17.2. The molecule has 6 nitrogen and oxygen atoms in total. The molecule has 0 saturated heterocycles. The number of nitrogens with zero attached hydrogens (tertiary/aromatic N) is 1. The maximum Gasteiger partial charge on any atom is 0.264 e. The van der Waals surface area contributed by atoms with Gasteiger partial charge in [-0.15, -0.1) is 11.3 Å². The highest BCUT2D eigenvalue weighted by Crippen LogP contribution is 2.29. The number of amides is 3. The van der Waals surface area contributed by atoms with Crippen molar-refractivity contribution in [1.29, 1.82) is 0 Å². The van der Waals surface area contributed by atoms with Crippen molar-refractivity contribution in [1.82, 2.24) is 10.2 Å². The SMILES string of the molecule is CCN(CC(=O)Nc1c(Cl)cccc1Cl)C(=O)c1ccc(CNC(C)=O)s1. The summed E-state index contributed by atoms with van der Waals surface area (Å²) in [4.78, 5) is 38.8. The summed E-state index contributed by atoms with van der Waals surface area (Å²) >= 11 is 13.4. The van der Waals surface area contributed by atoms with Crippen LogP contribution in [0.1, 0.15) is 28.4 Å². The predicted molar refractivity (Wildman–Crippen MR) is 109 cm³/mol. The van der Waals surface area contributed by atoms with Gasteiger partial charge >= 0.3 is 0 Å². The fourth-order valence-corrected chi connectivity index (χ4v) is 3.66. The minimum Gasteiger partial charge on any atom is -0.351 e. The number of para-hydroxylation sites is 1. The van der Waals surface area contributed by atoms with E-state index in [9.17, 15) is 14.4 Å². The van der Waals surface area contributed by atoms with E-state index in [-0.39, 0.29) is 18.4 Å². The summed E-state index contributed by atoms with van der Waals surface area (Å²) in [6, 6.07) is 8.39. The number of nitrogens with one attached hydrogen (secondary N) is 2. The Labute approximate surface area is 171 Å². The number of benzene rings is 1. The number of rotatable bonds is 7. The summed E-state index contributed by atoms with van der Waals surface area (Å²) in [5.74, 6) is -0.784. The first-order valence-corrected chi connectivity index (χ1v) is 9.75. The first kappa shape index (κ1) is 21.2. The Kier molecular flexibility index (Phi) is 7.65. The maximum absolute atomic E-state index is 12.7. The molecule has 3 amide bonds. The van der Waals surface area contributed by atoms with E-state index in [0.717, 1.165) is 4.88 Å². The lowest BCUT2D eigenvalue weighted by Gasteiger charge is -2.20. The molecule has 0 atom stereocenters. The Morgan fingerprint density at radius 3 is 2.37 bits per heavy atom. The van der Waals surface area contributed by atoms with Crippen molar-refractivity contribution in [3.8, 4) is 0 Å². The highest BCUT2D eigenvalue weighted by Gasteiger charge is 2.20. The van der Waals surface area contributed by atoms with Crippen molar-refractivity contribution in [2.45, 2.75) is 20.4 Å². The molecular formula is C18H19Cl2N3O3S. The van der Waals surface area contributed by atoms with Gasteiger partial charge in [0.05, 0.1) is 27.2 Å². The summed E-state index contributed by atoms with van der Waals surface area (Å²) in [6.07, 6.45) is 0. The van der Waals surface area contributed by atoms with Gasteiger partial charge in [-0.25, -0.2) is 0 Å². The van der Waals surface area contributed by atoms with E-state index < -0.39 is 5.91 Å². The lowest BCUT2D eigenvalue weighted by molar-refractivity contribution is -0.119. The maximum atomic E-state index is 12.7. The van der Waals surface area contributed by atoms with Crippen LogP contribution in [0.3, 0.4) is 0 Å². The van der Waals surface area contributed by atoms with Gasteiger partial charge in [-0.2, -0.15) is 0 Å². The third-order valence-corrected chi connectivity index (χ3v) is 5.32. The second-order valence-corrected chi connectivity index (χ2v) is 7.62. The molecular weight excluding hydrogens is 409 g/mol. The number of anilines is 1. The van der Waals surface area contributed by atoms with Gasteiger partial charge in [0.15, 0.2) is 0 Å². The highest BCUT2D eigenvalue weighted by molar-refractivity contribution is 7.14. The summed E-state index contributed by atoms with van der Waals surface area (Å²) in [7, 11) is 0. The molecule has 0 unspecified atom stereocenters. The Morgan fingerprint density at radius 1 is 1.11 bits per heavy atom. The summed E-state index contributed by atoms with van der Waals surface area (Å²) in [5, 5.41) is 5.98. The lowest BCUT2D eigenvalue weighted by atomic mass is 10.3. The van der Waals surface area contributed by atoms with E-state index in [1.54, 1.807) is 37.3 Å². The molecule has 0 fully saturated rings. The molecule has 1 aromatic heterocycles. The molecule has 0 aliphatic rings. The fourth-order valence-electron chi connectivity index (χ4n) is 2.25. The third-order valence-electron chi connectivity index (χ3n) is 3.61. The third kappa shape index (κ3) is 5.95. The van der Waals surface area contributed by atoms with Crippen LogP contribution in [0.15, 0.2) is 30.3 Å². The van der Waals surface area contributed by atoms with Crippen LogP contribution in [0.25, 0.3) is 0 Å². The van der Waals surface area contributed by atoms with Crippen molar-refractivity contribution in [2.24, 2.45) is 0 Å². The van der Waals surface area contributed by atoms with Crippen LogP contribution in [0.2, 0.25) is 10.0 Å². The van der Waals surface area contributed by atoms with Gasteiger partial charge < -0.3 is 15.5 Å². The number of halogens is 2. The quantitative estimate of drug-likeness (QED) is 0.705. The first-order valence-electron chi connectivity index (χ1n) is 8.18. The topological polar surface area (TPSA) is 78.5 Å². The van der Waals surface area contributed by atoms with Gasteiger partial charge in [0, 0.05) is 18.3 Å². The van der Waals surface area contributed by atoms with Crippen LogP contribution < -0.4 is 10.6 Å². The predicted octanol–water partition coefficient (Wildman–Crippen LogP) is 3.79. The van der Waals surface area contributed by atoms with Crippen LogP contribution in [0.5, 0.6) is 0 Å². The van der Waals surface area contributed by atoms with Crippen LogP contribution in [-0.2, 0) is 16.1 Å². The van der Waals surface area contributed by atoms with E-state index in [0.29, 0.717) is 33.7 Å². The van der Waals surface area contributed by atoms with Gasteiger partial charge in [0.1, 0.15) is 6.54 Å². The van der Waals surface area contributed by atoms with Gasteiger partial charge in [-0.1, -0.05) is 29.3 Å². The molecule has 0 spiro atoms. The minimum atomic E-state index is -0.393. The second-order valence-electron chi connectivity index (χ2n) is 5.64. The summed E-state index contributed by atoms with van der Waals surface area (Å²) in [6.45, 7) is 3.82. The lowest BCUT2D eigenvalue weighted by Crippen LogP contribution is -2.37. The number of likely N-dealkylation sites (N-methyl/N-ethyl adjacent to an activating group) is 1. The van der Waals surface area contributed by atoms with Crippen LogP contribution in [-0.4, -0.2) is 35.7 Å². The molecule has 1 heterocycles. The monoisotopic (exact) mass is 427 g/mol. The average Bonchev–Trinajstić information content (AvgIpc) is 3.09. The molecule has 2 N–H and O–H groups in total. The Morgan fingerprint density at radius 2 is 1.78 bits per heavy atom. The van der Waals surface area contributed by atoms with E-state index in [2.05, 4.69) is 10.6 Å². The molecule has 27 heavy (non-hydrogen) atoms. The van der Waals surface area contributed by atoms with Crippen molar-refractivity contribution >= 4 is 57.9 Å². The number of hydrogen-bond acceptors (Lipinski definition) is 4. The molecule has 0 bridgehead atoms. The Hall–Kier alpha value is -2.09. The van der Waals surface area contributed by atoms with Gasteiger partial charge in [-0.3, -0.25) is 14.4 Å². The van der Waals surface area contributed by atoms with E-state index in [4.69, 9.17) is 23.2 Å². The number of carbonyl (C=O) groups excluding carboxylic acids is 3. The molecule has 144 valence electrons. The van der Waals surface area contributed by atoms with Crippen LogP contribution in [0, 0.1) is 0 Å². The van der Waals surface area contributed by atoms with Gasteiger partial charge in [0.25, 0.3) is 5.91 Å². The normalized spacial score (nSPS) is 10.4. The first-order chi connectivity index (χ1) is 12.8. The average molecular weight is 428 g/mol. The summed E-state index contributed by atoms with van der Waals surface area (Å²) in [5.41, 5.74) is 0.322. The van der Waals surface area contributed by atoms with Crippen molar-refractivity contribution < 1.29 is 14.4 Å². The number of carbonyl (C=O) groups is 3. The molecule has 9 heteroatoms. The van der Waals surface area contributed by atoms with Gasteiger partial charge in [-0.05, 0) is 31.2 Å².